The van der Waals surface area contributed by atoms with E-state index in [-0.39, 0.29) is 4.90 Å². The quantitative estimate of drug-likeness (QED) is 0.478. The maximum Gasteiger partial charge on any atom is 0.242 e. The number of rotatable bonds is 7. The van der Waals surface area contributed by atoms with Crippen LogP contribution in [-0.2, 0) is 15.8 Å². The van der Waals surface area contributed by atoms with Gasteiger partial charge in [0.05, 0.1) is 10.6 Å². The molecule has 0 unspecified atom stereocenters. The molecule has 2 heterocycles. The standard InChI is InChI=1S/C21H24ClN5O2S2/c1-25(2)31(28,29)19-10-5-7-16(13-19)15-30-21-24-23-20(26-11-3-4-12-26)27(21)18-9-6-8-17(22)14-18/h5-10,13-14H,3-4,11-12,15H2,1-2H3. The second kappa shape index (κ2) is 9.20. The van der Waals surface area contributed by atoms with Crippen molar-refractivity contribution >= 4 is 39.3 Å². The van der Waals surface area contributed by atoms with Gasteiger partial charge < -0.3 is 4.90 Å². The topological polar surface area (TPSA) is 71.3 Å². The maximum atomic E-state index is 12.5. The van der Waals surface area contributed by atoms with Gasteiger partial charge in [0.25, 0.3) is 0 Å². The van der Waals surface area contributed by atoms with Crippen molar-refractivity contribution in [3.05, 3.63) is 59.1 Å². The number of sulfonamides is 1. The van der Waals surface area contributed by atoms with Gasteiger partial charge in [0.1, 0.15) is 0 Å². The van der Waals surface area contributed by atoms with Crippen molar-refractivity contribution in [1.29, 1.82) is 0 Å². The van der Waals surface area contributed by atoms with Gasteiger partial charge in [-0.3, -0.25) is 4.57 Å². The van der Waals surface area contributed by atoms with E-state index in [2.05, 4.69) is 15.1 Å². The summed E-state index contributed by atoms with van der Waals surface area (Å²) in [7, 11) is -0.412. The van der Waals surface area contributed by atoms with Gasteiger partial charge in [-0.25, -0.2) is 12.7 Å². The lowest BCUT2D eigenvalue weighted by atomic mass is 10.2. The van der Waals surface area contributed by atoms with Crippen molar-refractivity contribution in [1.82, 2.24) is 19.1 Å². The van der Waals surface area contributed by atoms with Crippen LogP contribution in [0.15, 0.2) is 58.6 Å². The lowest BCUT2D eigenvalue weighted by Gasteiger charge is -2.18. The third kappa shape index (κ3) is 4.74. The average Bonchev–Trinajstić information content (AvgIpc) is 3.42. The molecular formula is C21H24ClN5O2S2. The van der Waals surface area contributed by atoms with Crippen LogP contribution in [0.5, 0.6) is 0 Å². The molecule has 0 saturated carbocycles. The molecule has 10 heteroatoms. The van der Waals surface area contributed by atoms with Crippen molar-refractivity contribution < 1.29 is 8.42 Å². The number of halogens is 1. The van der Waals surface area contributed by atoms with Gasteiger partial charge in [-0.05, 0) is 48.7 Å². The van der Waals surface area contributed by atoms with Gasteiger partial charge in [-0.15, -0.1) is 10.2 Å². The third-order valence-electron chi connectivity index (χ3n) is 5.12. The Hall–Kier alpha value is -2.07. The van der Waals surface area contributed by atoms with E-state index in [1.807, 2.05) is 34.9 Å². The molecule has 3 aromatic rings. The Bertz CT molecular complexity index is 1170. The molecule has 31 heavy (non-hydrogen) atoms. The minimum absolute atomic E-state index is 0.282. The van der Waals surface area contributed by atoms with Crippen molar-refractivity contribution in [2.75, 3.05) is 32.1 Å². The Kier molecular flexibility index (Phi) is 6.57. The maximum absolute atomic E-state index is 12.5. The molecule has 0 radical (unpaired) electrons. The zero-order chi connectivity index (χ0) is 22.0. The molecule has 0 bridgehead atoms. The molecule has 1 saturated heterocycles. The number of thioether (sulfide) groups is 1. The molecule has 164 valence electrons. The number of anilines is 1. The van der Waals surface area contributed by atoms with Crippen LogP contribution in [0.3, 0.4) is 0 Å². The predicted molar refractivity (Wildman–Crippen MR) is 125 cm³/mol. The first-order chi connectivity index (χ1) is 14.9. The number of nitrogens with zero attached hydrogens (tertiary/aromatic N) is 5. The normalized spacial score (nSPS) is 14.5. The third-order valence-corrected chi connectivity index (χ3v) is 8.16. The summed E-state index contributed by atoms with van der Waals surface area (Å²) in [5, 5.41) is 10.3. The molecule has 0 spiro atoms. The summed E-state index contributed by atoms with van der Waals surface area (Å²) in [5.74, 6) is 1.38. The summed E-state index contributed by atoms with van der Waals surface area (Å²) in [6, 6.07) is 14.7. The lowest BCUT2D eigenvalue weighted by Crippen LogP contribution is -2.22. The molecule has 1 fully saturated rings. The fraction of sp³-hybridized carbons (Fsp3) is 0.333. The van der Waals surface area contributed by atoms with Gasteiger partial charge >= 0.3 is 0 Å². The van der Waals surface area contributed by atoms with E-state index >= 15 is 0 Å². The smallest absolute Gasteiger partial charge is 0.242 e. The fourth-order valence-corrected chi connectivity index (χ4v) is 5.52. The summed E-state index contributed by atoms with van der Waals surface area (Å²) < 4.78 is 28.2. The lowest BCUT2D eigenvalue weighted by molar-refractivity contribution is 0.520. The van der Waals surface area contributed by atoms with Gasteiger partial charge in [0.15, 0.2) is 5.16 Å². The van der Waals surface area contributed by atoms with E-state index in [4.69, 9.17) is 11.6 Å². The summed E-state index contributed by atoms with van der Waals surface area (Å²) in [6.07, 6.45) is 2.27. The average molecular weight is 478 g/mol. The van der Waals surface area contributed by atoms with Gasteiger partial charge in [0, 0.05) is 38.0 Å². The number of hydrogen-bond acceptors (Lipinski definition) is 6. The van der Waals surface area contributed by atoms with Crippen molar-refractivity contribution in [3.63, 3.8) is 0 Å². The Labute approximate surface area is 192 Å². The fourth-order valence-electron chi connectivity index (χ4n) is 3.47. The van der Waals surface area contributed by atoms with Gasteiger partial charge in [-0.1, -0.05) is 41.6 Å². The molecule has 0 atom stereocenters. The van der Waals surface area contributed by atoms with E-state index < -0.39 is 10.0 Å². The van der Waals surface area contributed by atoms with Crippen LogP contribution in [0.1, 0.15) is 18.4 Å². The molecular weight excluding hydrogens is 454 g/mol. The van der Waals surface area contributed by atoms with Crippen LogP contribution in [0.4, 0.5) is 5.95 Å². The molecule has 4 rings (SSSR count). The molecule has 1 aliphatic heterocycles. The van der Waals surface area contributed by atoms with Gasteiger partial charge in [-0.2, -0.15) is 0 Å². The molecule has 0 N–H and O–H groups in total. The second-order valence-corrected chi connectivity index (χ2v) is 11.0. The Balaban J connectivity index is 1.64. The van der Waals surface area contributed by atoms with Gasteiger partial charge in [0.2, 0.25) is 16.0 Å². The predicted octanol–water partition coefficient (Wildman–Crippen LogP) is 4.06. The number of aromatic nitrogens is 3. The SMILES string of the molecule is CN(C)S(=O)(=O)c1cccc(CSc2nnc(N3CCCC3)n2-c2cccc(Cl)c2)c1. The van der Waals surface area contributed by atoms with E-state index in [0.29, 0.717) is 10.8 Å². The highest BCUT2D eigenvalue weighted by molar-refractivity contribution is 7.98. The highest BCUT2D eigenvalue weighted by Gasteiger charge is 2.23. The molecule has 7 nitrogen and oxygen atoms in total. The van der Waals surface area contributed by atoms with Crippen molar-refractivity contribution in [3.8, 4) is 5.69 Å². The highest BCUT2D eigenvalue weighted by atomic mass is 35.5. The van der Waals surface area contributed by atoms with Crippen molar-refractivity contribution in [2.24, 2.45) is 0 Å². The Morgan fingerprint density at radius 2 is 1.81 bits per heavy atom. The zero-order valence-electron chi connectivity index (χ0n) is 17.4. The van der Waals surface area contributed by atoms with Crippen LogP contribution < -0.4 is 4.90 Å². The highest BCUT2D eigenvalue weighted by Crippen LogP contribution is 2.31. The second-order valence-electron chi connectivity index (χ2n) is 7.52. The first kappa shape index (κ1) is 22.1. The summed E-state index contributed by atoms with van der Waals surface area (Å²) in [4.78, 5) is 2.52. The monoisotopic (exact) mass is 477 g/mol. The van der Waals surface area contributed by atoms with E-state index in [1.165, 1.54) is 30.2 Å². The summed E-state index contributed by atoms with van der Waals surface area (Å²) in [5.41, 5.74) is 1.81. The minimum Gasteiger partial charge on any atom is -0.341 e. The van der Waals surface area contributed by atoms with E-state index in [0.717, 1.165) is 48.3 Å². The first-order valence-corrected chi connectivity index (χ1v) is 12.8. The minimum atomic E-state index is -3.48. The first-order valence-electron chi connectivity index (χ1n) is 9.97. The molecule has 2 aromatic carbocycles. The van der Waals surface area contributed by atoms with Crippen LogP contribution >= 0.6 is 23.4 Å². The zero-order valence-corrected chi connectivity index (χ0v) is 19.8. The molecule has 0 amide bonds. The number of hydrogen-bond donors (Lipinski definition) is 0. The van der Waals surface area contributed by atoms with E-state index in [9.17, 15) is 8.42 Å². The molecule has 0 aliphatic carbocycles. The summed E-state index contributed by atoms with van der Waals surface area (Å²) in [6.45, 7) is 1.90. The Morgan fingerprint density at radius 3 is 2.52 bits per heavy atom. The summed E-state index contributed by atoms with van der Waals surface area (Å²) >= 11 is 7.77. The largest absolute Gasteiger partial charge is 0.341 e. The van der Waals surface area contributed by atoms with Crippen molar-refractivity contribution in [2.45, 2.75) is 28.6 Å². The Morgan fingerprint density at radius 1 is 1.06 bits per heavy atom. The van der Waals surface area contributed by atoms with Crippen LogP contribution in [0, 0.1) is 0 Å². The molecule has 1 aliphatic rings. The van der Waals surface area contributed by atoms with E-state index in [1.54, 1.807) is 18.2 Å². The van der Waals surface area contributed by atoms with Crippen LogP contribution in [0.2, 0.25) is 5.02 Å². The van der Waals surface area contributed by atoms with Crippen LogP contribution in [0.25, 0.3) is 5.69 Å². The number of benzene rings is 2. The van der Waals surface area contributed by atoms with Crippen LogP contribution in [-0.4, -0.2) is 54.7 Å². The molecule has 1 aromatic heterocycles.